The number of nitrogens with zero attached hydrogens (tertiary/aromatic N) is 1. The molecule has 1 amide bonds. The van der Waals surface area contributed by atoms with E-state index in [1.165, 1.54) is 89.9 Å². The summed E-state index contributed by atoms with van der Waals surface area (Å²) in [6.07, 6.45) is 22.7. The van der Waals surface area contributed by atoms with Crippen LogP contribution in [0.3, 0.4) is 0 Å². The molecular formula is C27H49NO3S2. The Bertz CT molecular complexity index is 555. The molecule has 0 aromatic heterocycles. The maximum Gasteiger partial charge on any atom is 0.326 e. The first-order valence-corrected chi connectivity index (χ1v) is 15.1. The second-order valence-electron chi connectivity index (χ2n) is 9.81. The molecule has 1 unspecified atom stereocenters. The summed E-state index contributed by atoms with van der Waals surface area (Å²) in [5.74, 6) is -0.459. The van der Waals surface area contributed by atoms with Crippen LogP contribution in [0.5, 0.6) is 0 Å². The first-order chi connectivity index (χ1) is 16.0. The number of carbonyl (C=O) groups is 2. The van der Waals surface area contributed by atoms with Crippen molar-refractivity contribution >= 4 is 40.1 Å². The fourth-order valence-electron chi connectivity index (χ4n) is 4.57. The van der Waals surface area contributed by atoms with Crippen LogP contribution in [0.15, 0.2) is 0 Å². The molecule has 2 atom stereocenters. The minimum atomic E-state index is -0.885. The second kappa shape index (κ2) is 19.7. The number of thioether (sulfide) groups is 1. The van der Waals surface area contributed by atoms with Gasteiger partial charge in [0.15, 0.2) is 0 Å². The van der Waals surface area contributed by atoms with Gasteiger partial charge in [0.2, 0.25) is 5.91 Å². The van der Waals surface area contributed by atoms with Crippen molar-refractivity contribution in [2.75, 3.05) is 12.3 Å². The summed E-state index contributed by atoms with van der Waals surface area (Å²) in [7, 11) is 0. The summed E-state index contributed by atoms with van der Waals surface area (Å²) in [5.41, 5.74) is 0. The van der Waals surface area contributed by atoms with Crippen LogP contribution in [0.2, 0.25) is 0 Å². The highest BCUT2D eigenvalue weighted by Crippen LogP contribution is 2.23. The lowest BCUT2D eigenvalue weighted by molar-refractivity contribution is -0.149. The Hall–Kier alpha value is -0.620. The van der Waals surface area contributed by atoms with E-state index < -0.39 is 12.0 Å². The van der Waals surface area contributed by atoms with Gasteiger partial charge in [0.05, 0.1) is 0 Å². The quantitative estimate of drug-likeness (QED) is 0.136. The Kier molecular flexibility index (Phi) is 18.1. The molecule has 0 radical (unpaired) electrons. The van der Waals surface area contributed by atoms with Gasteiger partial charge in [-0.1, -0.05) is 116 Å². The van der Waals surface area contributed by atoms with Crippen molar-refractivity contribution in [1.29, 1.82) is 0 Å². The molecule has 1 heterocycles. The predicted molar refractivity (Wildman–Crippen MR) is 146 cm³/mol. The van der Waals surface area contributed by atoms with Crippen LogP contribution in [0, 0.1) is 5.92 Å². The van der Waals surface area contributed by atoms with Crippen molar-refractivity contribution in [3.8, 4) is 0 Å². The van der Waals surface area contributed by atoms with Crippen molar-refractivity contribution < 1.29 is 14.7 Å². The van der Waals surface area contributed by atoms with Crippen LogP contribution >= 0.6 is 24.0 Å². The average Bonchev–Trinajstić information content (AvgIpc) is 3.30. The van der Waals surface area contributed by atoms with Crippen LogP contribution in [-0.2, 0) is 9.59 Å². The molecule has 1 aliphatic rings. The molecule has 0 aromatic carbocycles. The van der Waals surface area contributed by atoms with E-state index in [4.69, 9.17) is 12.2 Å². The molecule has 4 nitrogen and oxygen atoms in total. The zero-order valence-electron chi connectivity index (χ0n) is 21.3. The number of thiocarbonyl (C=S) groups is 1. The molecule has 1 N–H and O–H groups in total. The average molecular weight is 500 g/mol. The Morgan fingerprint density at radius 1 is 0.909 bits per heavy atom. The van der Waals surface area contributed by atoms with Gasteiger partial charge in [-0.05, 0) is 25.7 Å². The number of carboxylic acids is 1. The topological polar surface area (TPSA) is 57.6 Å². The van der Waals surface area contributed by atoms with Crippen molar-refractivity contribution in [2.24, 2.45) is 5.92 Å². The molecule has 192 valence electrons. The van der Waals surface area contributed by atoms with Gasteiger partial charge in [-0.25, -0.2) is 4.79 Å². The SMILES string of the molecule is CCCCCCCCCCCCCCCCCC(=S)SCC(C)C(=O)N1CCC[C@H]1C(=O)O. The van der Waals surface area contributed by atoms with E-state index in [2.05, 4.69) is 6.92 Å². The molecule has 1 aliphatic heterocycles. The smallest absolute Gasteiger partial charge is 0.326 e. The number of aliphatic carboxylic acids is 1. The molecule has 1 saturated heterocycles. The number of hydrogen-bond acceptors (Lipinski definition) is 4. The van der Waals surface area contributed by atoms with Crippen LogP contribution < -0.4 is 0 Å². The molecule has 0 bridgehead atoms. The van der Waals surface area contributed by atoms with Gasteiger partial charge in [-0.3, -0.25) is 4.79 Å². The summed E-state index contributed by atoms with van der Waals surface area (Å²) in [5, 5.41) is 9.28. The third kappa shape index (κ3) is 14.4. The standard InChI is InChI=1S/C27H49NO3S2/c1-3-4-5-6-7-8-9-10-11-12-13-14-15-16-17-20-25(32)33-22-23(2)26(29)28-21-18-19-24(28)27(30)31/h23-24H,3-22H2,1-2H3,(H,30,31)/t23?,24-/m0/s1. The fourth-order valence-corrected chi connectivity index (χ4v) is 5.79. The lowest BCUT2D eigenvalue weighted by Gasteiger charge is -2.24. The Morgan fingerprint density at radius 3 is 1.88 bits per heavy atom. The molecule has 33 heavy (non-hydrogen) atoms. The van der Waals surface area contributed by atoms with E-state index in [9.17, 15) is 14.7 Å². The van der Waals surface area contributed by atoms with Gasteiger partial charge < -0.3 is 10.0 Å². The number of likely N-dealkylation sites (tertiary alicyclic amines) is 1. The van der Waals surface area contributed by atoms with E-state index in [-0.39, 0.29) is 11.8 Å². The van der Waals surface area contributed by atoms with Crippen molar-refractivity contribution in [3.05, 3.63) is 0 Å². The van der Waals surface area contributed by atoms with Gasteiger partial charge in [-0.15, -0.1) is 11.8 Å². The lowest BCUT2D eigenvalue weighted by atomic mass is 10.0. The van der Waals surface area contributed by atoms with E-state index in [1.54, 1.807) is 16.7 Å². The summed E-state index contributed by atoms with van der Waals surface area (Å²) < 4.78 is 0.987. The number of hydrogen-bond donors (Lipinski definition) is 1. The zero-order chi connectivity index (χ0) is 24.3. The van der Waals surface area contributed by atoms with E-state index in [1.807, 2.05) is 6.92 Å². The predicted octanol–water partition coefficient (Wildman–Crippen LogP) is 8.02. The van der Waals surface area contributed by atoms with Gasteiger partial charge in [0.25, 0.3) is 0 Å². The molecular weight excluding hydrogens is 450 g/mol. The van der Waals surface area contributed by atoms with Crippen LogP contribution in [0.1, 0.15) is 129 Å². The van der Waals surface area contributed by atoms with Crippen LogP contribution in [0.4, 0.5) is 0 Å². The summed E-state index contributed by atoms with van der Waals surface area (Å²) in [4.78, 5) is 25.4. The third-order valence-electron chi connectivity index (χ3n) is 6.72. The largest absolute Gasteiger partial charge is 0.480 e. The molecule has 1 fully saturated rings. The zero-order valence-corrected chi connectivity index (χ0v) is 23.0. The Balaban J connectivity index is 1.93. The lowest BCUT2D eigenvalue weighted by Crippen LogP contribution is -2.43. The third-order valence-corrected chi connectivity index (χ3v) is 8.47. The highest BCUT2D eigenvalue weighted by atomic mass is 32.2. The number of amides is 1. The molecule has 1 rings (SSSR count). The first kappa shape index (κ1) is 30.4. The van der Waals surface area contributed by atoms with Gasteiger partial charge >= 0.3 is 5.97 Å². The summed E-state index contributed by atoms with van der Waals surface area (Å²) in [6.45, 7) is 4.73. The molecule has 0 saturated carbocycles. The minimum Gasteiger partial charge on any atom is -0.480 e. The number of unbranched alkanes of at least 4 members (excludes halogenated alkanes) is 14. The molecule has 0 spiro atoms. The van der Waals surface area contributed by atoms with Crippen molar-refractivity contribution in [3.63, 3.8) is 0 Å². The highest BCUT2D eigenvalue weighted by molar-refractivity contribution is 8.23. The van der Waals surface area contributed by atoms with Crippen LogP contribution in [-0.4, -0.2) is 44.4 Å². The number of carbonyl (C=O) groups excluding carboxylic acids is 1. The second-order valence-corrected chi connectivity index (χ2v) is 11.7. The molecule has 6 heteroatoms. The normalized spacial score (nSPS) is 16.8. The van der Waals surface area contributed by atoms with Crippen molar-refractivity contribution in [1.82, 2.24) is 4.90 Å². The molecule has 0 aromatic rings. The Morgan fingerprint density at radius 2 is 1.39 bits per heavy atom. The Labute approximate surface area is 213 Å². The fraction of sp³-hybridized carbons (Fsp3) is 0.889. The van der Waals surface area contributed by atoms with Gasteiger partial charge in [0.1, 0.15) is 6.04 Å². The number of carboxylic acid groups (broad SMARTS) is 1. The van der Waals surface area contributed by atoms with E-state index >= 15 is 0 Å². The summed E-state index contributed by atoms with van der Waals surface area (Å²) >= 11 is 7.11. The maximum absolute atomic E-state index is 12.6. The van der Waals surface area contributed by atoms with E-state index in [0.717, 1.165) is 23.5 Å². The van der Waals surface area contributed by atoms with Gasteiger partial charge in [0, 0.05) is 22.4 Å². The van der Waals surface area contributed by atoms with Gasteiger partial charge in [-0.2, -0.15) is 0 Å². The molecule has 0 aliphatic carbocycles. The summed E-state index contributed by atoms with van der Waals surface area (Å²) in [6, 6.07) is -0.641. The monoisotopic (exact) mass is 499 g/mol. The maximum atomic E-state index is 12.6. The minimum absolute atomic E-state index is 0.0397. The highest BCUT2D eigenvalue weighted by Gasteiger charge is 2.35. The number of rotatable bonds is 20. The van der Waals surface area contributed by atoms with E-state index in [0.29, 0.717) is 18.7 Å². The van der Waals surface area contributed by atoms with Crippen molar-refractivity contribution in [2.45, 2.75) is 135 Å². The van der Waals surface area contributed by atoms with Crippen LogP contribution in [0.25, 0.3) is 0 Å². The first-order valence-electron chi connectivity index (χ1n) is 13.7.